The smallest absolute Gasteiger partial charge is 0.251 e. The van der Waals surface area contributed by atoms with Gasteiger partial charge in [-0.1, -0.05) is 47.1 Å². The van der Waals surface area contributed by atoms with Gasteiger partial charge in [-0.2, -0.15) is 0 Å². The van der Waals surface area contributed by atoms with Gasteiger partial charge in [0.15, 0.2) is 5.16 Å². The molecule has 2 aromatic carbocycles. The highest BCUT2D eigenvalue weighted by Crippen LogP contribution is 2.25. The first kappa shape index (κ1) is 25.9. The predicted octanol–water partition coefficient (Wildman–Crippen LogP) is 4.71. The number of amides is 2. The number of benzene rings is 2. The largest absolute Gasteiger partial charge is 0.492 e. The molecule has 0 aliphatic heterocycles. The zero-order valence-electron chi connectivity index (χ0n) is 18.8. The van der Waals surface area contributed by atoms with Gasteiger partial charge in [0.1, 0.15) is 11.6 Å². The molecule has 3 rings (SSSR count). The van der Waals surface area contributed by atoms with Gasteiger partial charge in [-0.3, -0.25) is 9.59 Å². The van der Waals surface area contributed by atoms with E-state index >= 15 is 0 Å². The third kappa shape index (κ3) is 6.88. The van der Waals surface area contributed by atoms with Crippen LogP contribution in [0, 0.1) is 0 Å². The molecular formula is C23H25Cl2N5O3S. The van der Waals surface area contributed by atoms with Gasteiger partial charge < -0.3 is 19.9 Å². The lowest BCUT2D eigenvalue weighted by Gasteiger charge is -2.11. The van der Waals surface area contributed by atoms with Crippen LogP contribution in [0.3, 0.4) is 0 Å². The summed E-state index contributed by atoms with van der Waals surface area (Å²) in [6, 6.07) is 12.0. The molecule has 0 fully saturated rings. The molecule has 1 heterocycles. The molecule has 0 bridgehead atoms. The van der Waals surface area contributed by atoms with Crippen LogP contribution in [0.4, 0.5) is 5.69 Å². The summed E-state index contributed by atoms with van der Waals surface area (Å²) in [6.07, 6.45) is 0.488. The highest BCUT2D eigenvalue weighted by molar-refractivity contribution is 7.99. The normalized spacial score (nSPS) is 10.7. The summed E-state index contributed by atoms with van der Waals surface area (Å²) in [7, 11) is 0. The minimum Gasteiger partial charge on any atom is -0.492 e. The zero-order chi connectivity index (χ0) is 24.5. The van der Waals surface area contributed by atoms with E-state index in [0.717, 1.165) is 5.82 Å². The standard InChI is InChI=1S/C23H25Cl2N5O3S/c1-3-30-20(11-12-26-22(32)15-9-10-16(24)17(25)13-15)28-29-23(30)34-14-21(31)27-18-7-5-6-8-19(18)33-4-2/h5-10,13H,3-4,11-12,14H2,1-2H3,(H,26,32)(H,27,31). The highest BCUT2D eigenvalue weighted by atomic mass is 35.5. The summed E-state index contributed by atoms with van der Waals surface area (Å²) < 4.78 is 7.47. The van der Waals surface area contributed by atoms with Crippen molar-refractivity contribution in [1.29, 1.82) is 0 Å². The van der Waals surface area contributed by atoms with Crippen molar-refractivity contribution in [2.24, 2.45) is 0 Å². The summed E-state index contributed by atoms with van der Waals surface area (Å²) in [5, 5.41) is 15.5. The van der Waals surface area contributed by atoms with Crippen molar-refractivity contribution in [3.63, 3.8) is 0 Å². The van der Waals surface area contributed by atoms with E-state index < -0.39 is 0 Å². The summed E-state index contributed by atoms with van der Waals surface area (Å²) >= 11 is 13.2. The minimum atomic E-state index is -0.250. The minimum absolute atomic E-state index is 0.168. The first-order valence-electron chi connectivity index (χ1n) is 10.7. The lowest BCUT2D eigenvalue weighted by atomic mass is 10.2. The van der Waals surface area contributed by atoms with Crippen LogP contribution in [0.15, 0.2) is 47.6 Å². The molecule has 0 aliphatic carbocycles. The molecular weight excluding hydrogens is 497 g/mol. The van der Waals surface area contributed by atoms with Crippen LogP contribution in [-0.4, -0.2) is 45.5 Å². The molecule has 1 aromatic heterocycles. The number of nitrogens with one attached hydrogen (secondary N) is 2. The van der Waals surface area contributed by atoms with Gasteiger partial charge in [0.05, 0.1) is 28.1 Å². The summed E-state index contributed by atoms with van der Waals surface area (Å²) in [6.45, 7) is 5.39. The van der Waals surface area contributed by atoms with Crippen molar-refractivity contribution >= 4 is 52.5 Å². The molecule has 0 spiro atoms. The maximum atomic E-state index is 12.5. The SMILES string of the molecule is CCOc1ccccc1NC(=O)CSc1nnc(CCNC(=O)c2ccc(Cl)c(Cl)c2)n1CC. The average Bonchev–Trinajstić information content (AvgIpc) is 3.22. The Morgan fingerprint density at radius 1 is 1.09 bits per heavy atom. The van der Waals surface area contributed by atoms with Gasteiger partial charge >= 0.3 is 0 Å². The number of carbonyl (C=O) groups excluding carboxylic acids is 2. The van der Waals surface area contributed by atoms with Crippen molar-refractivity contribution in [3.8, 4) is 5.75 Å². The fourth-order valence-corrected chi connectivity index (χ4v) is 4.24. The molecule has 0 radical (unpaired) electrons. The van der Waals surface area contributed by atoms with Crippen LogP contribution in [0.1, 0.15) is 30.0 Å². The van der Waals surface area contributed by atoms with Gasteiger partial charge in [0.25, 0.3) is 5.91 Å². The molecule has 2 amide bonds. The molecule has 2 N–H and O–H groups in total. The van der Waals surface area contributed by atoms with E-state index in [1.165, 1.54) is 17.8 Å². The molecule has 0 atom stereocenters. The number of halogens is 2. The Labute approximate surface area is 212 Å². The second-order valence-electron chi connectivity index (χ2n) is 7.04. The van der Waals surface area contributed by atoms with Gasteiger partial charge in [-0.15, -0.1) is 10.2 Å². The van der Waals surface area contributed by atoms with Crippen LogP contribution in [0.2, 0.25) is 10.0 Å². The zero-order valence-corrected chi connectivity index (χ0v) is 21.1. The molecule has 3 aromatic rings. The predicted molar refractivity (Wildman–Crippen MR) is 135 cm³/mol. The summed E-state index contributed by atoms with van der Waals surface area (Å²) in [5.74, 6) is 1.11. The number of hydrogen-bond acceptors (Lipinski definition) is 6. The molecule has 8 nitrogen and oxygen atoms in total. The van der Waals surface area contributed by atoms with E-state index in [1.807, 2.05) is 36.6 Å². The van der Waals surface area contributed by atoms with E-state index in [2.05, 4.69) is 20.8 Å². The lowest BCUT2D eigenvalue weighted by Crippen LogP contribution is -2.26. The van der Waals surface area contributed by atoms with Gasteiger partial charge in [-0.05, 0) is 44.2 Å². The Morgan fingerprint density at radius 2 is 1.88 bits per heavy atom. The van der Waals surface area contributed by atoms with Crippen LogP contribution in [0.5, 0.6) is 5.75 Å². The molecule has 180 valence electrons. The summed E-state index contributed by atoms with van der Waals surface area (Å²) in [5.41, 5.74) is 1.06. The molecule has 0 unspecified atom stereocenters. The van der Waals surface area contributed by atoms with Gasteiger partial charge in [-0.25, -0.2) is 0 Å². The van der Waals surface area contributed by atoms with Crippen molar-refractivity contribution in [3.05, 3.63) is 63.9 Å². The topological polar surface area (TPSA) is 98.1 Å². The van der Waals surface area contributed by atoms with E-state index in [1.54, 1.807) is 18.2 Å². The number of aromatic nitrogens is 3. The molecule has 11 heteroatoms. The van der Waals surface area contributed by atoms with Crippen LogP contribution in [-0.2, 0) is 17.8 Å². The van der Waals surface area contributed by atoms with Crippen LogP contribution >= 0.6 is 35.0 Å². The second-order valence-corrected chi connectivity index (χ2v) is 8.80. The number of hydrogen-bond donors (Lipinski definition) is 2. The van der Waals surface area contributed by atoms with Gasteiger partial charge in [0.2, 0.25) is 5.91 Å². The fraction of sp³-hybridized carbons (Fsp3) is 0.304. The molecule has 34 heavy (non-hydrogen) atoms. The Kier molecular flexibility index (Phi) is 9.62. The third-order valence-electron chi connectivity index (χ3n) is 4.72. The number of para-hydroxylation sites is 2. The second kappa shape index (κ2) is 12.6. The van der Waals surface area contributed by atoms with Crippen molar-refractivity contribution in [1.82, 2.24) is 20.1 Å². The van der Waals surface area contributed by atoms with E-state index in [-0.39, 0.29) is 17.6 Å². The van der Waals surface area contributed by atoms with Crippen molar-refractivity contribution in [2.45, 2.75) is 32.0 Å². The number of nitrogens with zero attached hydrogens (tertiary/aromatic N) is 3. The van der Waals surface area contributed by atoms with Crippen molar-refractivity contribution in [2.75, 3.05) is 24.2 Å². The van der Waals surface area contributed by atoms with E-state index in [0.29, 0.717) is 58.3 Å². The Hall–Kier alpha value is -2.75. The van der Waals surface area contributed by atoms with E-state index in [9.17, 15) is 9.59 Å². The quantitative estimate of drug-likeness (QED) is 0.354. The van der Waals surface area contributed by atoms with Crippen LogP contribution in [0.25, 0.3) is 0 Å². The Bertz CT molecular complexity index is 1160. The molecule has 0 saturated heterocycles. The van der Waals surface area contributed by atoms with Crippen molar-refractivity contribution < 1.29 is 14.3 Å². The first-order valence-corrected chi connectivity index (χ1v) is 12.5. The third-order valence-corrected chi connectivity index (χ3v) is 6.42. The number of anilines is 1. The highest BCUT2D eigenvalue weighted by Gasteiger charge is 2.15. The number of carbonyl (C=O) groups is 2. The average molecular weight is 522 g/mol. The lowest BCUT2D eigenvalue weighted by molar-refractivity contribution is -0.113. The number of thioether (sulfide) groups is 1. The maximum Gasteiger partial charge on any atom is 0.251 e. The van der Waals surface area contributed by atoms with Gasteiger partial charge in [0, 0.05) is 25.1 Å². The number of ether oxygens (including phenoxy) is 1. The number of rotatable bonds is 11. The first-order chi connectivity index (χ1) is 16.4. The Morgan fingerprint density at radius 3 is 2.62 bits per heavy atom. The maximum absolute atomic E-state index is 12.5. The molecule has 0 saturated carbocycles. The van der Waals surface area contributed by atoms with E-state index in [4.69, 9.17) is 27.9 Å². The summed E-state index contributed by atoms with van der Waals surface area (Å²) in [4.78, 5) is 24.8. The van der Waals surface area contributed by atoms with Crippen LogP contribution < -0.4 is 15.4 Å². The Balaban J connectivity index is 1.53. The fourth-order valence-electron chi connectivity index (χ4n) is 3.12. The molecule has 0 aliphatic rings. The monoisotopic (exact) mass is 521 g/mol.